The summed E-state index contributed by atoms with van der Waals surface area (Å²) in [6.07, 6.45) is -4.43. The fourth-order valence-electron chi connectivity index (χ4n) is 0.966. The van der Waals surface area contributed by atoms with Crippen LogP contribution < -0.4 is 4.72 Å². The molecule has 19 heavy (non-hydrogen) atoms. The molecule has 1 N–H and O–H groups in total. The number of rotatable bonds is 6. The number of thiophene rings is 1. The molecule has 0 radical (unpaired) electrons. The molecule has 1 heterocycles. The third kappa shape index (κ3) is 5.96. The molecule has 110 valence electrons. The first kappa shape index (κ1) is 17.2. The minimum absolute atomic E-state index is 0.0276. The highest BCUT2D eigenvalue weighted by atomic mass is 79.9. The minimum Gasteiger partial charge on any atom is -0.371 e. The van der Waals surface area contributed by atoms with E-state index in [1.807, 2.05) is 0 Å². The molecular formula is C8H8BrClF3NO3S2. The highest BCUT2D eigenvalue weighted by molar-refractivity contribution is 9.11. The van der Waals surface area contributed by atoms with Gasteiger partial charge >= 0.3 is 6.18 Å². The molecule has 0 bridgehead atoms. The molecule has 1 rings (SSSR count). The lowest BCUT2D eigenvalue weighted by molar-refractivity contribution is -0.173. The molecule has 0 fully saturated rings. The van der Waals surface area contributed by atoms with E-state index in [0.717, 1.165) is 11.3 Å². The SMILES string of the molecule is O=S(=O)(NCCOCC(F)(F)F)c1cc(Cl)c(Br)s1. The molecule has 1 aromatic rings. The Balaban J connectivity index is 2.44. The van der Waals surface area contributed by atoms with Crippen molar-refractivity contribution in [3.8, 4) is 0 Å². The topological polar surface area (TPSA) is 55.4 Å². The van der Waals surface area contributed by atoms with E-state index < -0.39 is 22.8 Å². The maximum Gasteiger partial charge on any atom is 0.411 e. The second-order valence-electron chi connectivity index (χ2n) is 3.25. The van der Waals surface area contributed by atoms with Gasteiger partial charge in [0.25, 0.3) is 0 Å². The molecule has 0 aliphatic rings. The number of sulfonamides is 1. The number of halogens is 5. The average molecular weight is 403 g/mol. The third-order valence-electron chi connectivity index (χ3n) is 1.69. The molecule has 0 saturated heterocycles. The van der Waals surface area contributed by atoms with Crippen LogP contribution in [0.3, 0.4) is 0 Å². The van der Waals surface area contributed by atoms with Gasteiger partial charge in [-0.05, 0) is 22.0 Å². The number of hydrogen-bond donors (Lipinski definition) is 1. The molecule has 1 aromatic heterocycles. The summed E-state index contributed by atoms with van der Waals surface area (Å²) < 4.78 is 65.5. The first-order valence-electron chi connectivity index (χ1n) is 4.71. The Morgan fingerprint density at radius 3 is 2.58 bits per heavy atom. The largest absolute Gasteiger partial charge is 0.411 e. The summed E-state index contributed by atoms with van der Waals surface area (Å²) in [5.74, 6) is 0. The van der Waals surface area contributed by atoms with Crippen molar-refractivity contribution in [1.29, 1.82) is 0 Å². The highest BCUT2D eigenvalue weighted by Gasteiger charge is 2.27. The molecular weight excluding hydrogens is 395 g/mol. The highest BCUT2D eigenvalue weighted by Crippen LogP contribution is 2.34. The van der Waals surface area contributed by atoms with Crippen LogP contribution in [0.5, 0.6) is 0 Å². The van der Waals surface area contributed by atoms with Crippen molar-refractivity contribution in [1.82, 2.24) is 4.72 Å². The zero-order valence-electron chi connectivity index (χ0n) is 9.13. The Hall–Kier alpha value is 0.130. The van der Waals surface area contributed by atoms with E-state index in [2.05, 4.69) is 25.4 Å². The van der Waals surface area contributed by atoms with E-state index in [0.29, 0.717) is 3.79 Å². The second-order valence-corrected chi connectivity index (χ2v) is 8.02. The fourth-order valence-corrected chi connectivity index (χ4v) is 4.42. The van der Waals surface area contributed by atoms with Crippen molar-refractivity contribution >= 4 is 48.9 Å². The molecule has 0 spiro atoms. The summed E-state index contributed by atoms with van der Waals surface area (Å²) in [5.41, 5.74) is 0. The lowest BCUT2D eigenvalue weighted by atomic mass is 10.7. The van der Waals surface area contributed by atoms with Crippen LogP contribution in [0.2, 0.25) is 5.02 Å². The molecule has 0 aromatic carbocycles. The van der Waals surface area contributed by atoms with Crippen LogP contribution in [-0.4, -0.2) is 34.4 Å². The molecule has 0 unspecified atom stereocenters. The zero-order valence-corrected chi connectivity index (χ0v) is 13.1. The summed E-state index contributed by atoms with van der Waals surface area (Å²) in [7, 11) is -3.79. The maximum atomic E-state index is 11.7. The van der Waals surface area contributed by atoms with Crippen LogP contribution in [0.15, 0.2) is 14.1 Å². The van der Waals surface area contributed by atoms with E-state index in [9.17, 15) is 21.6 Å². The van der Waals surface area contributed by atoms with Crippen molar-refractivity contribution in [2.24, 2.45) is 0 Å². The quantitative estimate of drug-likeness (QED) is 0.744. The lowest BCUT2D eigenvalue weighted by Gasteiger charge is -2.08. The summed E-state index contributed by atoms with van der Waals surface area (Å²) in [6, 6.07) is 1.25. The van der Waals surface area contributed by atoms with Crippen LogP contribution in [-0.2, 0) is 14.8 Å². The zero-order chi connectivity index (χ0) is 14.7. The molecule has 0 amide bonds. The van der Waals surface area contributed by atoms with Gasteiger partial charge in [-0.3, -0.25) is 0 Å². The number of alkyl halides is 3. The molecule has 0 atom stereocenters. The van der Waals surface area contributed by atoms with Gasteiger partial charge in [0.1, 0.15) is 10.8 Å². The van der Waals surface area contributed by atoms with E-state index >= 15 is 0 Å². The predicted molar refractivity (Wildman–Crippen MR) is 69.1 cm³/mol. The third-order valence-corrected chi connectivity index (χ3v) is 6.10. The van der Waals surface area contributed by atoms with Crippen molar-refractivity contribution in [3.63, 3.8) is 0 Å². The Labute approximate surface area is 125 Å². The van der Waals surface area contributed by atoms with Gasteiger partial charge in [0.15, 0.2) is 0 Å². The average Bonchev–Trinajstić information content (AvgIpc) is 2.58. The monoisotopic (exact) mass is 401 g/mol. The normalized spacial score (nSPS) is 12.9. The molecule has 4 nitrogen and oxygen atoms in total. The summed E-state index contributed by atoms with van der Waals surface area (Å²) in [4.78, 5) is 0. The van der Waals surface area contributed by atoms with Gasteiger partial charge in [0.05, 0.1) is 15.4 Å². The first-order chi connectivity index (χ1) is 8.62. The van der Waals surface area contributed by atoms with Gasteiger partial charge in [0.2, 0.25) is 10.0 Å². The Morgan fingerprint density at radius 1 is 1.47 bits per heavy atom. The second kappa shape index (κ2) is 6.72. The van der Waals surface area contributed by atoms with Crippen molar-refractivity contribution in [2.75, 3.05) is 19.8 Å². The van der Waals surface area contributed by atoms with Crippen LogP contribution in [0.4, 0.5) is 13.2 Å². The summed E-state index contributed by atoms with van der Waals surface area (Å²) in [5, 5.41) is 0.249. The lowest BCUT2D eigenvalue weighted by Crippen LogP contribution is -2.28. The Kier molecular flexibility index (Phi) is 6.08. The minimum atomic E-state index is -4.43. The maximum absolute atomic E-state index is 11.7. The van der Waals surface area contributed by atoms with Gasteiger partial charge < -0.3 is 4.74 Å². The summed E-state index contributed by atoms with van der Waals surface area (Å²) in [6.45, 7) is -2.05. The number of ether oxygens (including phenoxy) is 1. The Bertz CT molecular complexity index is 512. The van der Waals surface area contributed by atoms with Crippen LogP contribution >= 0.6 is 38.9 Å². The molecule has 0 saturated carbocycles. The van der Waals surface area contributed by atoms with Crippen LogP contribution in [0.25, 0.3) is 0 Å². The first-order valence-corrected chi connectivity index (χ1v) is 8.18. The number of nitrogens with one attached hydrogen (secondary N) is 1. The van der Waals surface area contributed by atoms with Crippen molar-refractivity contribution < 1.29 is 26.3 Å². The molecule has 0 aliphatic carbocycles. The van der Waals surface area contributed by atoms with E-state index in [-0.39, 0.29) is 22.4 Å². The number of hydrogen-bond acceptors (Lipinski definition) is 4. The van der Waals surface area contributed by atoms with Crippen LogP contribution in [0, 0.1) is 0 Å². The fraction of sp³-hybridized carbons (Fsp3) is 0.500. The molecule has 11 heteroatoms. The molecule has 0 aliphatic heterocycles. The van der Waals surface area contributed by atoms with Gasteiger partial charge in [-0.2, -0.15) is 13.2 Å². The van der Waals surface area contributed by atoms with Crippen molar-refractivity contribution in [2.45, 2.75) is 10.4 Å². The van der Waals surface area contributed by atoms with Gasteiger partial charge in [-0.15, -0.1) is 11.3 Å². The standard InChI is InChI=1S/C8H8BrClF3NO3S2/c9-7-5(10)3-6(18-7)19(15,16)14-1-2-17-4-8(11,12)13/h3,14H,1-2,4H2. The van der Waals surface area contributed by atoms with E-state index in [1.165, 1.54) is 6.07 Å². The smallest absolute Gasteiger partial charge is 0.371 e. The van der Waals surface area contributed by atoms with Crippen LogP contribution in [0.1, 0.15) is 0 Å². The van der Waals surface area contributed by atoms with Crippen molar-refractivity contribution in [3.05, 3.63) is 14.9 Å². The van der Waals surface area contributed by atoms with E-state index in [4.69, 9.17) is 11.6 Å². The predicted octanol–water partition coefficient (Wildman–Crippen LogP) is 3.02. The van der Waals surface area contributed by atoms with Gasteiger partial charge in [-0.25, -0.2) is 13.1 Å². The summed E-state index contributed by atoms with van der Waals surface area (Å²) >= 11 is 9.66. The van der Waals surface area contributed by atoms with E-state index in [1.54, 1.807) is 0 Å². The van der Waals surface area contributed by atoms with Gasteiger partial charge in [0, 0.05) is 6.54 Å². The Morgan fingerprint density at radius 2 is 2.11 bits per heavy atom. The van der Waals surface area contributed by atoms with Gasteiger partial charge in [-0.1, -0.05) is 11.6 Å².